The van der Waals surface area contributed by atoms with E-state index in [9.17, 15) is 9.18 Å². The number of hydrazine groups is 1. The normalized spacial score (nSPS) is 18.3. The summed E-state index contributed by atoms with van der Waals surface area (Å²) in [4.78, 5) is 18.8. The van der Waals surface area contributed by atoms with E-state index in [2.05, 4.69) is 26.8 Å². The fourth-order valence-electron chi connectivity index (χ4n) is 4.32. The van der Waals surface area contributed by atoms with E-state index in [4.69, 9.17) is 24.3 Å². The van der Waals surface area contributed by atoms with Gasteiger partial charge in [0.1, 0.15) is 18.2 Å². The van der Waals surface area contributed by atoms with E-state index in [1.54, 1.807) is 19.2 Å². The molecular weight excluding hydrogens is 569 g/mol. The van der Waals surface area contributed by atoms with Crippen LogP contribution in [-0.4, -0.2) is 56.0 Å². The van der Waals surface area contributed by atoms with Crippen LogP contribution in [0.2, 0.25) is 0 Å². The third kappa shape index (κ3) is 6.76. The van der Waals surface area contributed by atoms with Gasteiger partial charge in [-0.3, -0.25) is 10.2 Å². The van der Waals surface area contributed by atoms with Gasteiger partial charge < -0.3 is 19.3 Å². The summed E-state index contributed by atoms with van der Waals surface area (Å²) in [5.41, 5.74) is 6.07. The lowest BCUT2D eigenvalue weighted by atomic mass is 9.82. The first-order valence-electron chi connectivity index (χ1n) is 12.6. The number of hydrogen-bond acceptors (Lipinski definition) is 7. The van der Waals surface area contributed by atoms with Gasteiger partial charge in [0.2, 0.25) is 5.90 Å². The molecule has 3 N–H and O–H groups in total. The van der Waals surface area contributed by atoms with Gasteiger partial charge in [-0.05, 0) is 53.6 Å². The fourth-order valence-corrected chi connectivity index (χ4v) is 4.74. The van der Waals surface area contributed by atoms with Crippen LogP contribution in [0.25, 0.3) is 0 Å². The van der Waals surface area contributed by atoms with Crippen LogP contribution < -0.4 is 20.3 Å². The summed E-state index contributed by atoms with van der Waals surface area (Å²) in [7, 11) is 1.57. The highest BCUT2D eigenvalue weighted by Crippen LogP contribution is 2.44. The van der Waals surface area contributed by atoms with Gasteiger partial charge in [0.15, 0.2) is 11.6 Å². The number of ether oxygens (including phenoxy) is 3. The molecule has 1 amide bonds. The van der Waals surface area contributed by atoms with Crippen molar-refractivity contribution in [3.8, 4) is 11.5 Å². The summed E-state index contributed by atoms with van der Waals surface area (Å²) in [6.07, 6.45) is -0.0869. The molecule has 3 aromatic rings. The number of aliphatic hydroxyl groups is 1. The van der Waals surface area contributed by atoms with Crippen LogP contribution in [0.3, 0.4) is 0 Å². The summed E-state index contributed by atoms with van der Waals surface area (Å²) in [5.74, 6) is 1.08. The van der Waals surface area contributed by atoms with Crippen LogP contribution in [-0.2, 0) is 16.0 Å². The maximum atomic E-state index is 13.9. The summed E-state index contributed by atoms with van der Waals surface area (Å²) < 4.78 is 31.2. The molecular formula is C29H31BrFN3O5. The second-order valence-corrected chi connectivity index (χ2v) is 9.76. The van der Waals surface area contributed by atoms with E-state index < -0.39 is 24.2 Å². The Bertz CT molecular complexity index is 1290. The molecule has 1 heterocycles. The average Bonchev–Trinajstić information content (AvgIpc) is 3.35. The first-order valence-corrected chi connectivity index (χ1v) is 13.4. The summed E-state index contributed by atoms with van der Waals surface area (Å²) in [6, 6.07) is 22.1. The molecule has 0 radical (unpaired) electrons. The number of carbonyl (C=O) groups excluding carboxylic acids is 1. The molecule has 1 aliphatic heterocycles. The number of aliphatic hydroxyl groups excluding tert-OH is 1. The Kier molecular flexibility index (Phi) is 9.91. The van der Waals surface area contributed by atoms with Crippen molar-refractivity contribution in [1.82, 2.24) is 10.9 Å². The summed E-state index contributed by atoms with van der Waals surface area (Å²) >= 11 is 3.60. The van der Waals surface area contributed by atoms with Gasteiger partial charge in [-0.1, -0.05) is 46.3 Å². The Morgan fingerprint density at radius 2 is 1.92 bits per heavy atom. The molecule has 10 heteroatoms. The zero-order valence-electron chi connectivity index (χ0n) is 21.5. The lowest BCUT2D eigenvalue weighted by Crippen LogP contribution is -2.54. The maximum absolute atomic E-state index is 13.9. The second-order valence-electron chi connectivity index (χ2n) is 8.90. The molecule has 0 unspecified atom stereocenters. The lowest BCUT2D eigenvalue weighted by molar-refractivity contribution is -0.130. The van der Waals surface area contributed by atoms with Crippen LogP contribution in [0.1, 0.15) is 29.2 Å². The van der Waals surface area contributed by atoms with Gasteiger partial charge in [-0.25, -0.2) is 14.8 Å². The van der Waals surface area contributed by atoms with E-state index in [1.165, 1.54) is 0 Å². The third-order valence-electron chi connectivity index (χ3n) is 6.27. The van der Waals surface area contributed by atoms with Crippen LogP contribution in [0.4, 0.5) is 4.39 Å². The molecule has 39 heavy (non-hydrogen) atoms. The van der Waals surface area contributed by atoms with E-state index in [0.29, 0.717) is 35.7 Å². The van der Waals surface area contributed by atoms with Crippen molar-refractivity contribution in [1.29, 1.82) is 0 Å². The number of alkyl halides is 1. The number of nitrogens with zero attached hydrogens (tertiary/aromatic N) is 1. The predicted octanol–water partition coefficient (Wildman–Crippen LogP) is 4.31. The highest BCUT2D eigenvalue weighted by molar-refractivity contribution is 9.10. The number of benzene rings is 3. The molecule has 0 spiro atoms. The first-order chi connectivity index (χ1) is 19.0. The van der Waals surface area contributed by atoms with Gasteiger partial charge >= 0.3 is 0 Å². The zero-order valence-corrected chi connectivity index (χ0v) is 23.1. The molecule has 0 saturated heterocycles. The molecule has 0 saturated carbocycles. The standard InChI is InChI=1S/C29H31BrFN3O5/c1-37-24-8-4-7-21(18-24)26-29(28(36)34-32-15-14-31,19-22-6-2-3-9-25(22)30)33-27(39-26)20-10-12-23(13-11-20)38-17-5-16-35/h2-4,6-13,18,26,32,35H,5,14-17,19H2,1H3,(H,34,36)/t26-,29-/m0/s1. The lowest BCUT2D eigenvalue weighted by Gasteiger charge is -2.31. The number of aliphatic imine (C=N–C) groups is 1. The van der Waals surface area contributed by atoms with Crippen molar-refractivity contribution in [2.75, 3.05) is 33.5 Å². The van der Waals surface area contributed by atoms with Gasteiger partial charge in [0, 0.05) is 36.0 Å². The Labute approximate surface area is 235 Å². The monoisotopic (exact) mass is 599 g/mol. The fraction of sp³-hybridized carbons (Fsp3) is 0.310. The molecule has 0 fully saturated rings. The maximum Gasteiger partial charge on any atom is 0.266 e. The highest BCUT2D eigenvalue weighted by atomic mass is 79.9. The number of hydrogen-bond donors (Lipinski definition) is 3. The molecule has 0 aromatic heterocycles. The highest BCUT2D eigenvalue weighted by Gasteiger charge is 2.53. The Morgan fingerprint density at radius 3 is 2.64 bits per heavy atom. The van der Waals surface area contributed by atoms with Gasteiger partial charge in [-0.15, -0.1) is 0 Å². The summed E-state index contributed by atoms with van der Waals surface area (Å²) in [6.45, 7) is -0.243. The van der Waals surface area contributed by atoms with Crippen molar-refractivity contribution in [2.24, 2.45) is 4.99 Å². The van der Waals surface area contributed by atoms with E-state index in [1.807, 2.05) is 60.7 Å². The van der Waals surface area contributed by atoms with Crippen LogP contribution in [0, 0.1) is 0 Å². The molecule has 4 rings (SSSR count). The summed E-state index contributed by atoms with van der Waals surface area (Å²) in [5, 5.41) is 8.99. The number of rotatable bonds is 13. The van der Waals surface area contributed by atoms with E-state index >= 15 is 0 Å². The van der Waals surface area contributed by atoms with Crippen molar-refractivity contribution < 1.29 is 28.5 Å². The van der Waals surface area contributed by atoms with Crippen molar-refractivity contribution in [3.63, 3.8) is 0 Å². The zero-order chi connectivity index (χ0) is 27.7. The molecule has 0 aliphatic carbocycles. The predicted molar refractivity (Wildman–Crippen MR) is 150 cm³/mol. The largest absolute Gasteiger partial charge is 0.497 e. The average molecular weight is 600 g/mol. The van der Waals surface area contributed by atoms with Crippen LogP contribution in [0.5, 0.6) is 11.5 Å². The number of methoxy groups -OCH3 is 1. The molecule has 3 aromatic carbocycles. The Morgan fingerprint density at radius 1 is 1.13 bits per heavy atom. The number of halogens is 2. The van der Waals surface area contributed by atoms with Gasteiger partial charge in [0.25, 0.3) is 5.91 Å². The number of amides is 1. The minimum absolute atomic E-state index is 0.0458. The van der Waals surface area contributed by atoms with Gasteiger partial charge in [-0.2, -0.15) is 0 Å². The SMILES string of the molecule is COc1cccc([C@@H]2OC(c3ccc(OCCCO)cc3)=N[C@]2(Cc2ccccc2Br)C(=O)NNCCF)c1. The van der Waals surface area contributed by atoms with Crippen molar-refractivity contribution in [2.45, 2.75) is 24.5 Å². The van der Waals surface area contributed by atoms with E-state index in [-0.39, 0.29) is 25.5 Å². The second kappa shape index (κ2) is 13.5. The van der Waals surface area contributed by atoms with Crippen LogP contribution in [0.15, 0.2) is 82.3 Å². The molecule has 1 aliphatic rings. The van der Waals surface area contributed by atoms with Crippen molar-refractivity contribution in [3.05, 3.63) is 94.0 Å². The van der Waals surface area contributed by atoms with E-state index in [0.717, 1.165) is 10.0 Å². The molecule has 8 nitrogen and oxygen atoms in total. The quantitative estimate of drug-likeness (QED) is 0.200. The molecule has 206 valence electrons. The Balaban J connectivity index is 1.78. The molecule has 0 bridgehead atoms. The molecule has 2 atom stereocenters. The third-order valence-corrected chi connectivity index (χ3v) is 7.04. The Hall–Kier alpha value is -3.47. The van der Waals surface area contributed by atoms with Crippen molar-refractivity contribution >= 4 is 27.7 Å². The minimum atomic E-state index is -1.44. The number of carbonyl (C=O) groups is 1. The smallest absolute Gasteiger partial charge is 0.266 e. The minimum Gasteiger partial charge on any atom is -0.497 e. The van der Waals surface area contributed by atoms with Gasteiger partial charge in [0.05, 0.1) is 13.7 Å². The number of nitrogens with one attached hydrogen (secondary N) is 2. The first kappa shape index (κ1) is 28.5. The van der Waals surface area contributed by atoms with Crippen LogP contribution >= 0.6 is 15.9 Å². The topological polar surface area (TPSA) is 101 Å².